The number of amides is 1. The Labute approximate surface area is 185 Å². The number of carbonyl (C=O) groups excluding carboxylic acids is 1. The molecule has 1 amide bonds. The van der Waals surface area contributed by atoms with Crippen LogP contribution in [0, 0.1) is 6.92 Å². The molecule has 0 bridgehead atoms. The van der Waals surface area contributed by atoms with E-state index in [1.807, 2.05) is 6.92 Å². The first kappa shape index (κ1) is 21.9. The fourth-order valence-electron chi connectivity index (χ4n) is 2.26. The number of anilines is 1. The van der Waals surface area contributed by atoms with Gasteiger partial charge in [0.15, 0.2) is 5.75 Å². The van der Waals surface area contributed by atoms with Crippen LogP contribution in [0.2, 0.25) is 0 Å². The third-order valence-corrected chi connectivity index (χ3v) is 6.16. The van der Waals surface area contributed by atoms with Crippen molar-refractivity contribution in [3.63, 3.8) is 0 Å². The molecule has 30 heavy (non-hydrogen) atoms. The van der Waals surface area contributed by atoms with Gasteiger partial charge in [-0.2, -0.15) is 13.5 Å². The highest BCUT2D eigenvalue weighted by Gasteiger charge is 2.18. The average molecular weight is 510 g/mol. The Balaban J connectivity index is 1.74. The highest BCUT2D eigenvalue weighted by Crippen LogP contribution is 2.25. The number of nitrogens with two attached hydrogens (primary N) is 1. The summed E-state index contributed by atoms with van der Waals surface area (Å²) in [5.74, 6) is -0.360. The van der Waals surface area contributed by atoms with E-state index in [9.17, 15) is 13.2 Å². The van der Waals surface area contributed by atoms with Crippen molar-refractivity contribution in [3.05, 3.63) is 63.1 Å². The van der Waals surface area contributed by atoms with Gasteiger partial charge in [0.2, 0.25) is 11.0 Å². The van der Waals surface area contributed by atoms with Gasteiger partial charge in [0.25, 0.3) is 0 Å². The van der Waals surface area contributed by atoms with Gasteiger partial charge in [-0.1, -0.05) is 45.0 Å². The molecule has 0 aliphatic heterocycles. The van der Waals surface area contributed by atoms with Crippen molar-refractivity contribution in [1.29, 1.82) is 0 Å². The van der Waals surface area contributed by atoms with Crippen LogP contribution in [0.5, 0.6) is 5.75 Å². The standard InChI is InChI=1S/C18H16BrN5O4S2/c1-11-2-5-14(6-3-11)30(26,27)28-15-7-4-13(19)8-12(15)10-21-22-16(25)9-17-23-24-18(20)29-17/h2-8,10H,9H2,1H3,(H2,20,24)(H,22,25)/b21-10-. The second kappa shape index (κ2) is 9.32. The normalized spacial score (nSPS) is 11.5. The summed E-state index contributed by atoms with van der Waals surface area (Å²) in [6.07, 6.45) is 1.26. The lowest BCUT2D eigenvalue weighted by molar-refractivity contribution is -0.120. The second-order valence-electron chi connectivity index (χ2n) is 6.04. The molecular weight excluding hydrogens is 494 g/mol. The number of aryl methyl sites for hydroxylation is 1. The van der Waals surface area contributed by atoms with Gasteiger partial charge in [0.1, 0.15) is 9.90 Å². The molecule has 1 aromatic heterocycles. The van der Waals surface area contributed by atoms with Crippen molar-refractivity contribution in [2.75, 3.05) is 5.73 Å². The molecule has 3 rings (SSSR count). The lowest BCUT2D eigenvalue weighted by Gasteiger charge is -2.10. The van der Waals surface area contributed by atoms with E-state index in [2.05, 4.69) is 36.7 Å². The number of hydrogen-bond donors (Lipinski definition) is 2. The Morgan fingerprint density at radius 1 is 1.27 bits per heavy atom. The van der Waals surface area contributed by atoms with Gasteiger partial charge in [-0.25, -0.2) is 5.43 Å². The summed E-state index contributed by atoms with van der Waals surface area (Å²) >= 11 is 4.42. The number of rotatable bonds is 7. The molecular formula is C18H16BrN5O4S2. The third kappa shape index (κ3) is 5.84. The predicted molar refractivity (Wildman–Crippen MR) is 117 cm³/mol. The number of benzene rings is 2. The lowest BCUT2D eigenvalue weighted by atomic mass is 10.2. The Bertz CT molecular complexity index is 1190. The van der Waals surface area contributed by atoms with Gasteiger partial charge in [-0.05, 0) is 37.3 Å². The maximum atomic E-state index is 12.6. The minimum atomic E-state index is -4.04. The summed E-state index contributed by atoms with van der Waals surface area (Å²) < 4.78 is 31.1. The van der Waals surface area contributed by atoms with E-state index in [0.29, 0.717) is 15.0 Å². The number of nitrogen functional groups attached to an aromatic ring is 1. The van der Waals surface area contributed by atoms with Crippen molar-refractivity contribution in [2.45, 2.75) is 18.2 Å². The molecule has 156 valence electrons. The summed E-state index contributed by atoms with van der Waals surface area (Å²) in [5, 5.41) is 12.0. The molecule has 2 aromatic carbocycles. The Morgan fingerprint density at radius 2 is 2.00 bits per heavy atom. The van der Waals surface area contributed by atoms with Crippen LogP contribution in [0.3, 0.4) is 0 Å². The summed E-state index contributed by atoms with van der Waals surface area (Å²) in [6.45, 7) is 1.86. The van der Waals surface area contributed by atoms with Crippen molar-refractivity contribution < 1.29 is 17.4 Å². The zero-order valence-corrected chi connectivity index (χ0v) is 18.8. The predicted octanol–water partition coefficient (Wildman–Crippen LogP) is 2.65. The van der Waals surface area contributed by atoms with E-state index in [-0.39, 0.29) is 22.2 Å². The molecule has 0 aliphatic carbocycles. The van der Waals surface area contributed by atoms with Crippen LogP contribution in [0.1, 0.15) is 16.1 Å². The highest BCUT2D eigenvalue weighted by molar-refractivity contribution is 9.10. The van der Waals surface area contributed by atoms with Gasteiger partial charge in [-0.15, -0.1) is 10.2 Å². The Kier molecular flexibility index (Phi) is 6.80. The number of nitrogens with one attached hydrogen (secondary N) is 1. The van der Waals surface area contributed by atoms with Gasteiger partial charge in [-0.3, -0.25) is 4.79 Å². The number of halogens is 1. The van der Waals surface area contributed by atoms with Crippen molar-refractivity contribution >= 4 is 54.6 Å². The summed E-state index contributed by atoms with van der Waals surface area (Å²) in [5.41, 5.74) is 9.10. The number of carbonyl (C=O) groups is 1. The topological polar surface area (TPSA) is 137 Å². The quantitative estimate of drug-likeness (QED) is 0.283. The zero-order chi connectivity index (χ0) is 21.7. The zero-order valence-electron chi connectivity index (χ0n) is 15.6. The summed E-state index contributed by atoms with van der Waals surface area (Å²) in [6, 6.07) is 11.0. The monoisotopic (exact) mass is 509 g/mol. The Morgan fingerprint density at radius 3 is 2.67 bits per heavy atom. The SMILES string of the molecule is Cc1ccc(S(=O)(=O)Oc2ccc(Br)cc2/C=N\NC(=O)Cc2nnc(N)s2)cc1. The van der Waals surface area contributed by atoms with Crippen molar-refractivity contribution in [1.82, 2.24) is 15.6 Å². The fourth-order valence-corrected chi connectivity index (χ4v) is 4.20. The molecule has 0 spiro atoms. The molecule has 0 saturated heterocycles. The molecule has 1 heterocycles. The van der Waals surface area contributed by atoms with E-state index in [0.717, 1.165) is 16.9 Å². The lowest BCUT2D eigenvalue weighted by Crippen LogP contribution is -2.19. The molecule has 12 heteroatoms. The number of hydrogen-bond acceptors (Lipinski definition) is 9. The molecule has 9 nitrogen and oxygen atoms in total. The smallest absolute Gasteiger partial charge is 0.339 e. The van der Waals surface area contributed by atoms with Crippen LogP contribution in [0.25, 0.3) is 0 Å². The van der Waals surface area contributed by atoms with Gasteiger partial charge < -0.3 is 9.92 Å². The number of aromatic nitrogens is 2. The van der Waals surface area contributed by atoms with Crippen molar-refractivity contribution in [2.24, 2.45) is 5.10 Å². The average Bonchev–Trinajstić information content (AvgIpc) is 3.08. The number of nitrogens with zero attached hydrogens (tertiary/aromatic N) is 3. The van der Waals surface area contributed by atoms with Gasteiger partial charge >= 0.3 is 10.1 Å². The molecule has 0 unspecified atom stereocenters. The first-order valence-corrected chi connectivity index (χ1v) is 11.5. The third-order valence-electron chi connectivity index (χ3n) is 3.67. The first-order chi connectivity index (χ1) is 14.2. The van der Waals surface area contributed by atoms with E-state index in [4.69, 9.17) is 9.92 Å². The highest BCUT2D eigenvalue weighted by atomic mass is 79.9. The number of hydrazone groups is 1. The van der Waals surface area contributed by atoms with E-state index >= 15 is 0 Å². The van der Waals surface area contributed by atoms with Crippen LogP contribution < -0.4 is 15.3 Å². The van der Waals surface area contributed by atoms with Gasteiger partial charge in [0.05, 0.1) is 12.6 Å². The fraction of sp³-hybridized carbons (Fsp3) is 0.111. The molecule has 3 aromatic rings. The maximum Gasteiger partial charge on any atom is 0.339 e. The van der Waals surface area contributed by atoms with Crippen molar-refractivity contribution in [3.8, 4) is 5.75 Å². The summed E-state index contributed by atoms with van der Waals surface area (Å²) in [7, 11) is -4.04. The second-order valence-corrected chi connectivity index (χ2v) is 9.59. The first-order valence-electron chi connectivity index (χ1n) is 8.43. The van der Waals surface area contributed by atoms with Crippen LogP contribution in [0.15, 0.2) is 56.9 Å². The molecule has 3 N–H and O–H groups in total. The maximum absolute atomic E-state index is 12.6. The van der Waals surface area contributed by atoms with Crippen LogP contribution in [0.4, 0.5) is 5.13 Å². The summed E-state index contributed by atoms with van der Waals surface area (Å²) in [4.78, 5) is 12.0. The molecule has 0 atom stereocenters. The van der Waals surface area contributed by atoms with Crippen LogP contribution in [-0.4, -0.2) is 30.7 Å². The minimum absolute atomic E-state index is 0.0311. The van der Waals surface area contributed by atoms with Crippen LogP contribution >= 0.6 is 27.3 Å². The molecule has 0 fully saturated rings. The molecule has 0 radical (unpaired) electrons. The molecule has 0 aliphatic rings. The van der Waals surface area contributed by atoms with Gasteiger partial charge in [0, 0.05) is 10.0 Å². The van der Waals surface area contributed by atoms with Crippen LogP contribution in [-0.2, 0) is 21.3 Å². The molecule has 0 saturated carbocycles. The van der Waals surface area contributed by atoms with E-state index in [1.54, 1.807) is 24.3 Å². The Hall–Kier alpha value is -2.83. The largest absolute Gasteiger partial charge is 0.378 e. The minimum Gasteiger partial charge on any atom is -0.378 e. The van der Waals surface area contributed by atoms with E-state index in [1.165, 1.54) is 24.4 Å². The van der Waals surface area contributed by atoms with E-state index < -0.39 is 16.0 Å².